The van der Waals surface area contributed by atoms with Crippen LogP contribution in [0.5, 0.6) is 5.88 Å². The van der Waals surface area contributed by atoms with Gasteiger partial charge in [-0.1, -0.05) is 12.2 Å². The molecule has 210 valence electrons. The van der Waals surface area contributed by atoms with Crippen LogP contribution in [0.2, 0.25) is 0 Å². The summed E-state index contributed by atoms with van der Waals surface area (Å²) in [6, 6.07) is 2.50. The number of urea groups is 1. The standard InChI is InChI=1S/C28H35F3N6O2/c1-6-9-17-39-25-24-33-15-16-36(24)19-22(35-25)20-12-14-32-23(18-20)27(4,5)37(8-3)26(38)34-21(10-7-2)11-13-28(29,30)31/h6-7,12,14-16,18-19,21H,1-2,8-11,13,17H2,3-5H3,(H,34,38)/t21-/m1/s1. The Morgan fingerprint density at radius 2 is 2.00 bits per heavy atom. The fourth-order valence-electron chi connectivity index (χ4n) is 4.27. The number of halogens is 3. The maximum atomic E-state index is 13.3. The Hall–Kier alpha value is -3.89. The Morgan fingerprint density at radius 3 is 2.67 bits per heavy atom. The minimum Gasteiger partial charge on any atom is -0.475 e. The van der Waals surface area contributed by atoms with E-state index in [-0.39, 0.29) is 12.8 Å². The predicted octanol–water partition coefficient (Wildman–Crippen LogP) is 6.30. The number of alkyl halides is 3. The van der Waals surface area contributed by atoms with E-state index in [1.807, 2.05) is 43.5 Å². The van der Waals surface area contributed by atoms with E-state index in [9.17, 15) is 18.0 Å². The first-order chi connectivity index (χ1) is 18.5. The number of rotatable bonds is 13. The molecule has 0 fully saturated rings. The quantitative estimate of drug-likeness (QED) is 0.202. The second-order valence-electron chi connectivity index (χ2n) is 9.57. The lowest BCUT2D eigenvalue weighted by Gasteiger charge is -2.38. The lowest BCUT2D eigenvalue weighted by Crippen LogP contribution is -2.52. The van der Waals surface area contributed by atoms with Crippen LogP contribution in [-0.2, 0) is 5.54 Å². The van der Waals surface area contributed by atoms with Crippen LogP contribution in [-0.4, -0.2) is 55.7 Å². The van der Waals surface area contributed by atoms with Gasteiger partial charge >= 0.3 is 12.2 Å². The van der Waals surface area contributed by atoms with Crippen LogP contribution in [0.3, 0.4) is 0 Å². The van der Waals surface area contributed by atoms with Crippen molar-refractivity contribution in [2.45, 2.75) is 64.2 Å². The van der Waals surface area contributed by atoms with Gasteiger partial charge in [0.2, 0.25) is 5.65 Å². The number of amides is 2. The number of pyridine rings is 1. The normalized spacial score (nSPS) is 12.7. The van der Waals surface area contributed by atoms with E-state index >= 15 is 0 Å². The van der Waals surface area contributed by atoms with Gasteiger partial charge in [-0.05, 0) is 52.2 Å². The fourth-order valence-corrected chi connectivity index (χ4v) is 4.27. The average molecular weight is 545 g/mol. The number of nitrogens with one attached hydrogen (secondary N) is 1. The summed E-state index contributed by atoms with van der Waals surface area (Å²) >= 11 is 0. The highest BCUT2D eigenvalue weighted by atomic mass is 19.4. The predicted molar refractivity (Wildman–Crippen MR) is 144 cm³/mol. The molecule has 3 rings (SSSR count). The van der Waals surface area contributed by atoms with Gasteiger partial charge in [0.05, 0.1) is 23.5 Å². The Labute approximate surface area is 226 Å². The monoisotopic (exact) mass is 544 g/mol. The zero-order valence-electron chi connectivity index (χ0n) is 22.5. The smallest absolute Gasteiger partial charge is 0.389 e. The van der Waals surface area contributed by atoms with Gasteiger partial charge in [-0.3, -0.25) is 4.98 Å². The van der Waals surface area contributed by atoms with Crippen molar-refractivity contribution in [3.05, 3.63) is 67.9 Å². The van der Waals surface area contributed by atoms with Crippen molar-refractivity contribution in [2.75, 3.05) is 13.2 Å². The van der Waals surface area contributed by atoms with Gasteiger partial charge in [0.15, 0.2) is 0 Å². The third-order valence-electron chi connectivity index (χ3n) is 6.38. The van der Waals surface area contributed by atoms with Crippen molar-refractivity contribution in [3.63, 3.8) is 0 Å². The van der Waals surface area contributed by atoms with Crippen molar-refractivity contribution in [1.29, 1.82) is 0 Å². The SMILES string of the molecule is C=CCCOc1nc(-c2ccnc(C(C)(C)N(CC)C(=O)N[C@H](CC=C)CCC(F)(F)F)c2)cn2ccnc12. The zero-order chi connectivity index (χ0) is 28.6. The Morgan fingerprint density at radius 1 is 1.23 bits per heavy atom. The second kappa shape index (κ2) is 12.8. The molecule has 39 heavy (non-hydrogen) atoms. The summed E-state index contributed by atoms with van der Waals surface area (Å²) in [5.74, 6) is 0.388. The Kier molecular flexibility index (Phi) is 9.71. The number of aromatic nitrogens is 4. The third-order valence-corrected chi connectivity index (χ3v) is 6.38. The fraction of sp³-hybridized carbons (Fsp3) is 0.429. The molecule has 0 saturated carbocycles. The van der Waals surface area contributed by atoms with E-state index in [0.29, 0.717) is 42.5 Å². The summed E-state index contributed by atoms with van der Waals surface area (Å²) in [6.07, 6.45) is 5.57. The lowest BCUT2D eigenvalue weighted by atomic mass is 9.95. The topological polar surface area (TPSA) is 84.7 Å². The molecule has 0 aliphatic rings. The summed E-state index contributed by atoms with van der Waals surface area (Å²) in [4.78, 5) is 28.4. The minimum atomic E-state index is -4.30. The van der Waals surface area contributed by atoms with E-state index < -0.39 is 30.2 Å². The van der Waals surface area contributed by atoms with Gasteiger partial charge < -0.3 is 19.4 Å². The molecule has 0 unspecified atom stereocenters. The maximum absolute atomic E-state index is 13.3. The largest absolute Gasteiger partial charge is 0.475 e. The Bertz CT molecular complexity index is 1290. The number of carbonyl (C=O) groups excluding carboxylic acids is 1. The highest BCUT2D eigenvalue weighted by Crippen LogP contribution is 2.31. The summed E-state index contributed by atoms with van der Waals surface area (Å²) in [5.41, 5.74) is 1.67. The first-order valence-corrected chi connectivity index (χ1v) is 12.8. The van der Waals surface area contributed by atoms with E-state index in [0.717, 1.165) is 5.56 Å². The van der Waals surface area contributed by atoms with Gasteiger partial charge in [0.25, 0.3) is 5.88 Å². The molecule has 3 aromatic heterocycles. The molecule has 0 aliphatic carbocycles. The van der Waals surface area contributed by atoms with Crippen LogP contribution >= 0.6 is 0 Å². The van der Waals surface area contributed by atoms with Crippen LogP contribution in [0.15, 0.2) is 62.2 Å². The minimum absolute atomic E-state index is 0.229. The van der Waals surface area contributed by atoms with Crippen LogP contribution < -0.4 is 10.1 Å². The molecule has 0 bridgehead atoms. The molecule has 11 heteroatoms. The molecule has 0 aromatic carbocycles. The van der Waals surface area contributed by atoms with E-state index in [2.05, 4.69) is 33.4 Å². The molecule has 0 spiro atoms. The highest BCUT2D eigenvalue weighted by molar-refractivity contribution is 5.75. The molecule has 1 N–H and O–H groups in total. The third kappa shape index (κ3) is 7.58. The van der Waals surface area contributed by atoms with Crippen LogP contribution in [0.1, 0.15) is 52.1 Å². The van der Waals surface area contributed by atoms with Crippen molar-refractivity contribution >= 4 is 11.7 Å². The molecular formula is C28H35F3N6O2. The Balaban J connectivity index is 1.88. The number of imidazole rings is 1. The average Bonchev–Trinajstić information content (AvgIpc) is 3.36. The molecule has 0 saturated heterocycles. The van der Waals surface area contributed by atoms with Gasteiger partial charge in [-0.2, -0.15) is 13.2 Å². The number of carbonyl (C=O) groups is 1. The summed E-state index contributed by atoms with van der Waals surface area (Å²) < 4.78 is 46.1. The van der Waals surface area contributed by atoms with E-state index in [1.54, 1.807) is 29.6 Å². The molecule has 8 nitrogen and oxygen atoms in total. The lowest BCUT2D eigenvalue weighted by molar-refractivity contribution is -0.136. The first-order valence-electron chi connectivity index (χ1n) is 12.8. The zero-order valence-corrected chi connectivity index (χ0v) is 22.5. The van der Waals surface area contributed by atoms with Crippen molar-refractivity contribution in [3.8, 4) is 17.1 Å². The number of hydrogen-bond acceptors (Lipinski definition) is 5. The molecule has 0 aliphatic heterocycles. The van der Waals surface area contributed by atoms with E-state index in [1.165, 1.54) is 6.08 Å². The molecule has 1 atom stereocenters. The molecule has 0 radical (unpaired) electrons. The molecule has 3 heterocycles. The van der Waals surface area contributed by atoms with Crippen LogP contribution in [0.25, 0.3) is 16.9 Å². The van der Waals surface area contributed by atoms with Crippen molar-refractivity contribution in [2.24, 2.45) is 0 Å². The van der Waals surface area contributed by atoms with Crippen LogP contribution in [0.4, 0.5) is 18.0 Å². The first kappa shape index (κ1) is 29.7. The number of ether oxygens (including phenoxy) is 1. The number of hydrogen-bond donors (Lipinski definition) is 1. The summed E-state index contributed by atoms with van der Waals surface area (Å²) in [7, 11) is 0. The number of nitrogens with zero attached hydrogens (tertiary/aromatic N) is 5. The van der Waals surface area contributed by atoms with Crippen LogP contribution in [0, 0.1) is 0 Å². The maximum Gasteiger partial charge on any atom is 0.389 e. The van der Waals surface area contributed by atoms with Gasteiger partial charge in [-0.25, -0.2) is 14.8 Å². The van der Waals surface area contributed by atoms with Gasteiger partial charge in [0, 0.05) is 49.4 Å². The van der Waals surface area contributed by atoms with Crippen molar-refractivity contribution in [1.82, 2.24) is 29.6 Å². The van der Waals surface area contributed by atoms with Crippen molar-refractivity contribution < 1.29 is 22.7 Å². The second-order valence-corrected chi connectivity index (χ2v) is 9.57. The highest BCUT2D eigenvalue weighted by Gasteiger charge is 2.35. The summed E-state index contributed by atoms with van der Waals surface area (Å²) in [5, 5.41) is 2.75. The number of fused-ring (bicyclic) bond motifs is 1. The van der Waals surface area contributed by atoms with E-state index in [4.69, 9.17) is 4.74 Å². The van der Waals surface area contributed by atoms with Gasteiger partial charge in [-0.15, -0.1) is 13.2 Å². The van der Waals surface area contributed by atoms with Gasteiger partial charge in [0.1, 0.15) is 0 Å². The molecule has 3 aromatic rings. The molecular weight excluding hydrogens is 509 g/mol. The molecule has 2 amide bonds. The summed E-state index contributed by atoms with van der Waals surface area (Å²) in [6.45, 7) is 13.5.